The minimum atomic E-state index is 0.410. The van der Waals surface area contributed by atoms with Gasteiger partial charge in [-0.25, -0.2) is 4.98 Å². The van der Waals surface area contributed by atoms with Gasteiger partial charge in [0.2, 0.25) is 0 Å². The van der Waals surface area contributed by atoms with Crippen LogP contribution < -0.4 is 10.6 Å². The van der Waals surface area contributed by atoms with Gasteiger partial charge in [0.25, 0.3) is 0 Å². The molecule has 0 aliphatic heterocycles. The van der Waals surface area contributed by atoms with E-state index in [-0.39, 0.29) is 0 Å². The molecule has 20 heavy (non-hydrogen) atoms. The molecule has 1 rings (SSSR count). The largest absolute Gasteiger partial charge is 0.356 e. The molecule has 0 amide bonds. The molecule has 5 heteroatoms. The molecule has 114 valence electrons. The summed E-state index contributed by atoms with van der Waals surface area (Å²) in [7, 11) is 1.81. The minimum absolute atomic E-state index is 0.410. The molecular formula is C15H28N4S. The molecule has 1 unspecified atom stereocenters. The predicted molar refractivity (Wildman–Crippen MR) is 88.7 cm³/mol. The minimum Gasteiger partial charge on any atom is -0.356 e. The highest BCUT2D eigenvalue weighted by atomic mass is 32.1. The first-order valence-electron chi connectivity index (χ1n) is 7.35. The number of nitrogens with zero attached hydrogens (tertiary/aromatic N) is 2. The van der Waals surface area contributed by atoms with E-state index in [4.69, 9.17) is 0 Å². The molecule has 0 bridgehead atoms. The zero-order valence-electron chi connectivity index (χ0n) is 13.5. The summed E-state index contributed by atoms with van der Waals surface area (Å²) < 4.78 is 0. The van der Waals surface area contributed by atoms with Crippen LogP contribution in [0.5, 0.6) is 0 Å². The molecule has 1 aromatic rings. The lowest BCUT2D eigenvalue weighted by molar-refractivity contribution is 0.481. The molecule has 1 atom stereocenters. The van der Waals surface area contributed by atoms with E-state index >= 15 is 0 Å². The Morgan fingerprint density at radius 2 is 2.00 bits per heavy atom. The van der Waals surface area contributed by atoms with Crippen LogP contribution in [-0.4, -0.2) is 30.6 Å². The van der Waals surface area contributed by atoms with Gasteiger partial charge < -0.3 is 10.6 Å². The van der Waals surface area contributed by atoms with Crippen molar-refractivity contribution in [2.24, 2.45) is 10.9 Å². The Hall–Kier alpha value is -1.10. The highest BCUT2D eigenvalue weighted by Gasteiger charge is 2.09. The Labute approximate surface area is 127 Å². The quantitative estimate of drug-likeness (QED) is 0.626. The summed E-state index contributed by atoms with van der Waals surface area (Å²) in [5, 5.41) is 10.1. The first kappa shape index (κ1) is 17.0. The Kier molecular flexibility index (Phi) is 6.99. The standard InChI is InChI=1S/C15H28N4S/c1-10(2)12(5)18-15(16-6)17-8-7-13-9-20-14(19-13)11(3)4/h9-12H,7-8H2,1-6H3,(H2,16,17,18). The van der Waals surface area contributed by atoms with Gasteiger partial charge in [-0.1, -0.05) is 27.7 Å². The van der Waals surface area contributed by atoms with Gasteiger partial charge in [0.05, 0.1) is 10.7 Å². The van der Waals surface area contributed by atoms with E-state index in [1.807, 2.05) is 7.05 Å². The molecule has 1 heterocycles. The van der Waals surface area contributed by atoms with Gasteiger partial charge in [-0.05, 0) is 12.8 Å². The zero-order valence-corrected chi connectivity index (χ0v) is 14.3. The number of aromatic nitrogens is 1. The maximum atomic E-state index is 4.64. The van der Waals surface area contributed by atoms with Crippen molar-refractivity contribution >= 4 is 17.3 Å². The van der Waals surface area contributed by atoms with Crippen LogP contribution in [0.4, 0.5) is 0 Å². The van der Waals surface area contributed by atoms with Crippen LogP contribution in [0.25, 0.3) is 0 Å². The van der Waals surface area contributed by atoms with Crippen LogP contribution in [0.1, 0.15) is 51.2 Å². The van der Waals surface area contributed by atoms with E-state index in [0.29, 0.717) is 17.9 Å². The van der Waals surface area contributed by atoms with E-state index in [2.05, 4.69) is 60.6 Å². The fourth-order valence-corrected chi connectivity index (χ4v) is 2.46. The van der Waals surface area contributed by atoms with E-state index < -0.39 is 0 Å². The Bertz CT molecular complexity index is 423. The van der Waals surface area contributed by atoms with Crippen molar-refractivity contribution in [2.75, 3.05) is 13.6 Å². The van der Waals surface area contributed by atoms with Crippen molar-refractivity contribution in [3.05, 3.63) is 16.1 Å². The second-order valence-corrected chi connectivity index (χ2v) is 6.65. The second-order valence-electron chi connectivity index (χ2n) is 5.76. The lowest BCUT2D eigenvalue weighted by Gasteiger charge is -2.20. The molecule has 0 saturated heterocycles. The van der Waals surface area contributed by atoms with Crippen molar-refractivity contribution in [1.82, 2.24) is 15.6 Å². The first-order chi connectivity index (χ1) is 9.43. The van der Waals surface area contributed by atoms with Crippen LogP contribution in [0.3, 0.4) is 0 Å². The third-order valence-electron chi connectivity index (χ3n) is 3.32. The lowest BCUT2D eigenvalue weighted by Crippen LogP contribution is -2.44. The summed E-state index contributed by atoms with van der Waals surface area (Å²) in [6, 6.07) is 0.410. The zero-order chi connectivity index (χ0) is 15.1. The monoisotopic (exact) mass is 296 g/mol. The highest BCUT2D eigenvalue weighted by Crippen LogP contribution is 2.19. The number of hydrogen-bond donors (Lipinski definition) is 2. The lowest BCUT2D eigenvalue weighted by atomic mass is 10.1. The number of thiazole rings is 1. The highest BCUT2D eigenvalue weighted by molar-refractivity contribution is 7.09. The molecule has 0 saturated carbocycles. The predicted octanol–water partition coefficient (Wildman–Crippen LogP) is 3.02. The van der Waals surface area contributed by atoms with Gasteiger partial charge in [-0.3, -0.25) is 4.99 Å². The SMILES string of the molecule is CN=C(NCCc1csc(C(C)C)n1)NC(C)C(C)C. The fourth-order valence-electron chi connectivity index (χ4n) is 1.59. The van der Waals surface area contributed by atoms with Crippen molar-refractivity contribution in [2.45, 2.75) is 53.0 Å². The van der Waals surface area contributed by atoms with E-state index in [1.165, 1.54) is 10.7 Å². The van der Waals surface area contributed by atoms with Gasteiger partial charge in [0.1, 0.15) is 0 Å². The van der Waals surface area contributed by atoms with Crippen LogP contribution in [0.2, 0.25) is 0 Å². The smallest absolute Gasteiger partial charge is 0.191 e. The normalized spacial score (nSPS) is 13.9. The molecular weight excluding hydrogens is 268 g/mol. The topological polar surface area (TPSA) is 49.3 Å². The molecule has 0 aromatic carbocycles. The Morgan fingerprint density at radius 1 is 1.30 bits per heavy atom. The average molecular weight is 296 g/mol. The van der Waals surface area contributed by atoms with Crippen molar-refractivity contribution < 1.29 is 0 Å². The second kappa shape index (κ2) is 8.25. The Morgan fingerprint density at radius 3 is 2.50 bits per heavy atom. The third kappa shape index (κ3) is 5.49. The van der Waals surface area contributed by atoms with Gasteiger partial charge in [-0.2, -0.15) is 0 Å². The average Bonchev–Trinajstić information content (AvgIpc) is 2.86. The van der Waals surface area contributed by atoms with Crippen LogP contribution in [0, 0.1) is 5.92 Å². The van der Waals surface area contributed by atoms with Gasteiger partial charge in [-0.15, -0.1) is 11.3 Å². The molecule has 0 aliphatic carbocycles. The third-order valence-corrected chi connectivity index (χ3v) is 4.52. The fraction of sp³-hybridized carbons (Fsp3) is 0.733. The summed E-state index contributed by atoms with van der Waals surface area (Å²) in [6.07, 6.45) is 0.931. The van der Waals surface area contributed by atoms with Crippen molar-refractivity contribution in [3.63, 3.8) is 0 Å². The Balaban J connectivity index is 2.38. The molecule has 4 nitrogen and oxygen atoms in total. The number of nitrogens with one attached hydrogen (secondary N) is 2. The van der Waals surface area contributed by atoms with Crippen LogP contribution in [-0.2, 0) is 6.42 Å². The molecule has 0 aliphatic rings. The van der Waals surface area contributed by atoms with Crippen molar-refractivity contribution in [3.8, 4) is 0 Å². The van der Waals surface area contributed by atoms with Gasteiger partial charge >= 0.3 is 0 Å². The summed E-state index contributed by atoms with van der Waals surface area (Å²) in [5.41, 5.74) is 1.17. The molecule has 0 spiro atoms. The van der Waals surface area contributed by atoms with Crippen molar-refractivity contribution in [1.29, 1.82) is 0 Å². The van der Waals surface area contributed by atoms with E-state index in [0.717, 1.165) is 18.9 Å². The molecule has 0 fully saturated rings. The van der Waals surface area contributed by atoms with Crippen LogP contribution in [0.15, 0.2) is 10.4 Å². The first-order valence-corrected chi connectivity index (χ1v) is 8.23. The molecule has 2 N–H and O–H groups in total. The van der Waals surface area contributed by atoms with Crippen LogP contribution >= 0.6 is 11.3 Å². The van der Waals surface area contributed by atoms with E-state index in [1.54, 1.807) is 11.3 Å². The maximum Gasteiger partial charge on any atom is 0.191 e. The summed E-state index contributed by atoms with van der Waals surface area (Å²) in [5.74, 6) is 1.97. The number of aliphatic imine (C=N–C) groups is 1. The summed E-state index contributed by atoms with van der Waals surface area (Å²) >= 11 is 1.75. The van der Waals surface area contributed by atoms with Gasteiger partial charge in [0, 0.05) is 37.4 Å². The number of rotatable bonds is 6. The maximum absolute atomic E-state index is 4.64. The number of hydrogen-bond acceptors (Lipinski definition) is 3. The van der Waals surface area contributed by atoms with E-state index in [9.17, 15) is 0 Å². The van der Waals surface area contributed by atoms with Gasteiger partial charge in [0.15, 0.2) is 5.96 Å². The summed E-state index contributed by atoms with van der Waals surface area (Å²) in [4.78, 5) is 8.89. The number of guanidine groups is 1. The summed E-state index contributed by atoms with van der Waals surface area (Å²) in [6.45, 7) is 11.8. The molecule has 0 radical (unpaired) electrons. The molecule has 1 aromatic heterocycles.